The molecule has 1 N–H and O–H groups in total. The fraction of sp³-hybridized carbons (Fsp3) is 1.00. The molecule has 2 bridgehead atoms. The summed E-state index contributed by atoms with van der Waals surface area (Å²) in [6, 6.07) is 0.0498. The molecule has 13 heavy (non-hydrogen) atoms. The average molecular weight is 205 g/mol. The molecule has 2 rings (SSSR count). The second-order valence-corrected chi connectivity index (χ2v) is 5.71. The summed E-state index contributed by atoms with van der Waals surface area (Å²) >= 11 is 0. The van der Waals surface area contributed by atoms with Gasteiger partial charge in [-0.2, -0.15) is 12.7 Å². The first kappa shape index (κ1) is 9.43. The Hall–Kier alpha value is -0.130. The molecule has 0 aromatic heterocycles. The Morgan fingerprint density at radius 3 is 2.38 bits per heavy atom. The van der Waals surface area contributed by atoms with Crippen molar-refractivity contribution in [3.05, 3.63) is 0 Å². The number of hydrogen-bond donors (Lipinski definition) is 1. The Kier molecular flexibility index (Phi) is 2.13. The smallest absolute Gasteiger partial charge is 0.273 e. The summed E-state index contributed by atoms with van der Waals surface area (Å²) in [6.45, 7) is 0. The van der Waals surface area contributed by atoms with Crippen molar-refractivity contribution in [2.45, 2.75) is 31.7 Å². The fourth-order valence-corrected chi connectivity index (χ4v) is 3.43. The van der Waals surface area contributed by atoms with Crippen LogP contribution in [0.5, 0.6) is 0 Å². The zero-order valence-corrected chi connectivity index (χ0v) is 8.50. The van der Waals surface area contributed by atoms with Crippen molar-refractivity contribution in [1.29, 1.82) is 0 Å². The molecule has 5 heteroatoms. The quantitative estimate of drug-likeness (QED) is 0.682. The lowest BCUT2D eigenvalue weighted by Crippen LogP contribution is -2.39. The molecule has 0 spiro atoms. The molecule has 0 aromatic rings. The summed E-state index contributed by atoms with van der Waals surface area (Å²) in [5, 5.41) is 0. The predicted molar refractivity (Wildman–Crippen MR) is 48.5 cm³/mol. The standard InChI is InChI=1S/C8H15NO3S/c1-9(13(10,11)12)8-5-6-2-3-7(8)4-6/h6-8H,2-5H2,1H3,(H,10,11,12)/t6-,7+,8?/m0/s1. The van der Waals surface area contributed by atoms with Gasteiger partial charge in [0, 0.05) is 13.1 Å². The van der Waals surface area contributed by atoms with E-state index < -0.39 is 10.3 Å². The van der Waals surface area contributed by atoms with E-state index in [1.54, 1.807) is 0 Å². The number of nitrogens with zero attached hydrogens (tertiary/aromatic N) is 1. The van der Waals surface area contributed by atoms with Crippen molar-refractivity contribution in [2.75, 3.05) is 7.05 Å². The first-order chi connectivity index (χ1) is 5.98. The van der Waals surface area contributed by atoms with Gasteiger partial charge in [0.25, 0.3) is 0 Å². The zero-order valence-electron chi connectivity index (χ0n) is 7.68. The minimum absolute atomic E-state index is 0.0498. The van der Waals surface area contributed by atoms with E-state index in [1.807, 2.05) is 0 Å². The lowest BCUT2D eigenvalue weighted by molar-refractivity contribution is 0.247. The Bertz CT molecular complexity index is 301. The molecule has 76 valence electrons. The molecule has 0 amide bonds. The Balaban J connectivity index is 2.11. The van der Waals surface area contributed by atoms with E-state index in [0.717, 1.165) is 23.6 Å². The monoisotopic (exact) mass is 205 g/mol. The highest BCUT2D eigenvalue weighted by atomic mass is 32.2. The summed E-state index contributed by atoms with van der Waals surface area (Å²) in [6.07, 6.45) is 4.43. The van der Waals surface area contributed by atoms with Gasteiger partial charge in [0.05, 0.1) is 0 Å². The second-order valence-electron chi connectivity index (χ2n) is 4.24. The Labute approximate surface area is 78.8 Å². The minimum atomic E-state index is -3.98. The minimum Gasteiger partial charge on any atom is -0.273 e. The summed E-state index contributed by atoms with van der Waals surface area (Å²) in [4.78, 5) is 0. The molecule has 2 aliphatic carbocycles. The predicted octanol–water partition coefficient (Wildman–Crippen LogP) is 0.910. The summed E-state index contributed by atoms with van der Waals surface area (Å²) in [5.74, 6) is 1.18. The maximum Gasteiger partial charge on any atom is 0.335 e. The van der Waals surface area contributed by atoms with Crippen LogP contribution in [-0.4, -0.2) is 30.4 Å². The van der Waals surface area contributed by atoms with Gasteiger partial charge in [-0.15, -0.1) is 0 Å². The summed E-state index contributed by atoms with van der Waals surface area (Å²) in [5.41, 5.74) is 0. The van der Waals surface area contributed by atoms with Gasteiger partial charge in [0.1, 0.15) is 0 Å². The number of fused-ring (bicyclic) bond motifs is 2. The van der Waals surface area contributed by atoms with Gasteiger partial charge >= 0.3 is 10.3 Å². The average Bonchev–Trinajstić information content (AvgIpc) is 2.60. The van der Waals surface area contributed by atoms with E-state index in [0.29, 0.717) is 11.8 Å². The Morgan fingerprint density at radius 2 is 2.00 bits per heavy atom. The van der Waals surface area contributed by atoms with E-state index in [1.165, 1.54) is 13.5 Å². The zero-order chi connectivity index (χ0) is 9.64. The van der Waals surface area contributed by atoms with Gasteiger partial charge in [-0.25, -0.2) is 0 Å². The van der Waals surface area contributed by atoms with E-state index in [9.17, 15) is 8.42 Å². The van der Waals surface area contributed by atoms with Crippen LogP contribution in [0.1, 0.15) is 25.7 Å². The molecule has 2 aliphatic rings. The van der Waals surface area contributed by atoms with Crippen LogP contribution >= 0.6 is 0 Å². The van der Waals surface area contributed by atoms with Crippen molar-refractivity contribution < 1.29 is 13.0 Å². The normalized spacial score (nSPS) is 38.8. The third kappa shape index (κ3) is 1.60. The third-order valence-corrected chi connectivity index (χ3v) is 4.53. The lowest BCUT2D eigenvalue weighted by Gasteiger charge is -2.28. The van der Waals surface area contributed by atoms with Crippen LogP contribution in [0, 0.1) is 11.8 Å². The topological polar surface area (TPSA) is 57.6 Å². The largest absolute Gasteiger partial charge is 0.335 e. The van der Waals surface area contributed by atoms with Crippen LogP contribution in [0.2, 0.25) is 0 Å². The lowest BCUT2D eigenvalue weighted by atomic mass is 9.96. The maximum absolute atomic E-state index is 10.9. The van der Waals surface area contributed by atoms with Crippen LogP contribution in [0.4, 0.5) is 0 Å². The molecule has 0 aliphatic heterocycles. The van der Waals surface area contributed by atoms with Crippen molar-refractivity contribution in [3.8, 4) is 0 Å². The first-order valence-electron chi connectivity index (χ1n) is 4.69. The molecule has 4 nitrogen and oxygen atoms in total. The number of rotatable bonds is 2. The molecule has 2 fully saturated rings. The number of hydrogen-bond acceptors (Lipinski definition) is 2. The van der Waals surface area contributed by atoms with Crippen molar-refractivity contribution >= 4 is 10.3 Å². The van der Waals surface area contributed by atoms with Gasteiger partial charge in [0.2, 0.25) is 0 Å². The van der Waals surface area contributed by atoms with E-state index in [4.69, 9.17) is 4.55 Å². The Morgan fingerprint density at radius 1 is 1.31 bits per heavy atom. The van der Waals surface area contributed by atoms with Crippen LogP contribution < -0.4 is 0 Å². The highest BCUT2D eigenvalue weighted by Gasteiger charge is 2.43. The highest BCUT2D eigenvalue weighted by Crippen LogP contribution is 2.46. The molecule has 2 saturated carbocycles. The van der Waals surface area contributed by atoms with Crippen molar-refractivity contribution in [3.63, 3.8) is 0 Å². The van der Waals surface area contributed by atoms with Crippen LogP contribution in [0.3, 0.4) is 0 Å². The summed E-state index contributed by atoms with van der Waals surface area (Å²) < 4.78 is 31.8. The van der Waals surface area contributed by atoms with Crippen molar-refractivity contribution in [2.24, 2.45) is 11.8 Å². The van der Waals surface area contributed by atoms with Gasteiger partial charge in [-0.05, 0) is 31.1 Å². The van der Waals surface area contributed by atoms with Crippen LogP contribution in [0.25, 0.3) is 0 Å². The van der Waals surface area contributed by atoms with E-state index >= 15 is 0 Å². The molecule has 0 aromatic carbocycles. The van der Waals surface area contributed by atoms with E-state index in [-0.39, 0.29) is 6.04 Å². The van der Waals surface area contributed by atoms with Gasteiger partial charge in [0.15, 0.2) is 0 Å². The summed E-state index contributed by atoms with van der Waals surface area (Å²) in [7, 11) is -2.50. The molecular weight excluding hydrogens is 190 g/mol. The highest BCUT2D eigenvalue weighted by molar-refractivity contribution is 7.83. The third-order valence-electron chi connectivity index (χ3n) is 3.53. The molecule has 0 saturated heterocycles. The van der Waals surface area contributed by atoms with Gasteiger partial charge < -0.3 is 0 Å². The molecule has 3 atom stereocenters. The fourth-order valence-electron chi connectivity index (χ4n) is 2.83. The second kappa shape index (κ2) is 2.93. The maximum atomic E-state index is 10.9. The van der Waals surface area contributed by atoms with Crippen LogP contribution in [-0.2, 0) is 10.3 Å². The molecule has 0 heterocycles. The molecule has 0 radical (unpaired) electrons. The first-order valence-corrected chi connectivity index (χ1v) is 6.08. The van der Waals surface area contributed by atoms with E-state index in [2.05, 4.69) is 0 Å². The van der Waals surface area contributed by atoms with Gasteiger partial charge in [-0.3, -0.25) is 4.55 Å². The molecular formula is C8H15NO3S. The van der Waals surface area contributed by atoms with Crippen molar-refractivity contribution in [1.82, 2.24) is 4.31 Å². The van der Waals surface area contributed by atoms with Crippen LogP contribution in [0.15, 0.2) is 0 Å². The van der Waals surface area contributed by atoms with Gasteiger partial charge in [-0.1, -0.05) is 6.42 Å². The molecule has 1 unspecified atom stereocenters. The SMILES string of the molecule is CN(C1C[C@H]2CC[C@@H]1C2)S(=O)(=O)O.